The van der Waals surface area contributed by atoms with Crippen molar-refractivity contribution < 1.29 is 23.8 Å². The van der Waals surface area contributed by atoms with Gasteiger partial charge in [0.15, 0.2) is 11.5 Å². The average molecular weight is 523 g/mol. The van der Waals surface area contributed by atoms with Crippen LogP contribution in [0.4, 0.5) is 5.69 Å². The van der Waals surface area contributed by atoms with Gasteiger partial charge in [-0.3, -0.25) is 9.59 Å². The smallest absolute Gasteiger partial charge is 0.291 e. The van der Waals surface area contributed by atoms with Crippen molar-refractivity contribution in [2.24, 2.45) is 5.41 Å². The summed E-state index contributed by atoms with van der Waals surface area (Å²) in [7, 11) is 3.23. The van der Waals surface area contributed by atoms with Crippen LogP contribution < -0.4 is 15.2 Å². The summed E-state index contributed by atoms with van der Waals surface area (Å²) in [6.07, 6.45) is 4.14. The SMILES string of the molecule is C=C(OC(CCc1ccc(OC)c(OC)c1)c1cccc(N)c1)C1CCCCN1C(=O)C(=O)C(C)(C)CC. The van der Waals surface area contributed by atoms with Crippen molar-refractivity contribution in [3.63, 3.8) is 0 Å². The second-order valence-corrected chi connectivity index (χ2v) is 10.5. The first kappa shape index (κ1) is 29.1. The van der Waals surface area contributed by atoms with Gasteiger partial charge in [0.25, 0.3) is 5.91 Å². The number of nitrogens with two attached hydrogens (primary N) is 1. The summed E-state index contributed by atoms with van der Waals surface area (Å²) in [5.74, 6) is 1.04. The van der Waals surface area contributed by atoms with E-state index >= 15 is 0 Å². The molecule has 1 heterocycles. The zero-order valence-electron chi connectivity index (χ0n) is 23.4. The molecule has 7 nitrogen and oxygen atoms in total. The number of benzene rings is 2. The molecule has 0 aliphatic carbocycles. The normalized spacial score (nSPS) is 16.4. The quantitative estimate of drug-likeness (QED) is 0.213. The van der Waals surface area contributed by atoms with E-state index in [9.17, 15) is 9.59 Å². The number of ether oxygens (including phenoxy) is 3. The lowest BCUT2D eigenvalue weighted by Gasteiger charge is -2.38. The summed E-state index contributed by atoms with van der Waals surface area (Å²) in [6, 6.07) is 13.2. The van der Waals surface area contributed by atoms with Crippen LogP contribution in [0.1, 0.15) is 70.1 Å². The van der Waals surface area contributed by atoms with Crippen LogP contribution in [-0.2, 0) is 20.7 Å². The number of nitrogen functional groups attached to an aromatic ring is 1. The highest BCUT2D eigenvalue weighted by molar-refractivity contribution is 6.38. The Balaban J connectivity index is 1.81. The Bertz CT molecular complexity index is 1140. The second kappa shape index (κ2) is 12.9. The molecule has 1 amide bonds. The summed E-state index contributed by atoms with van der Waals surface area (Å²) in [4.78, 5) is 28.0. The van der Waals surface area contributed by atoms with Crippen LogP contribution in [0.3, 0.4) is 0 Å². The molecule has 2 aromatic rings. The van der Waals surface area contributed by atoms with Crippen molar-refractivity contribution in [1.29, 1.82) is 0 Å². The fraction of sp³-hybridized carbons (Fsp3) is 0.484. The molecule has 0 bridgehead atoms. The molecule has 2 aromatic carbocycles. The van der Waals surface area contributed by atoms with Crippen LogP contribution in [0.2, 0.25) is 0 Å². The number of ketones is 1. The maximum absolute atomic E-state index is 13.3. The molecule has 0 saturated carbocycles. The van der Waals surface area contributed by atoms with Crippen molar-refractivity contribution in [3.05, 3.63) is 65.9 Å². The van der Waals surface area contributed by atoms with Crippen molar-refractivity contribution in [2.45, 2.75) is 71.4 Å². The highest BCUT2D eigenvalue weighted by Gasteiger charge is 2.39. The van der Waals surface area contributed by atoms with Crippen LogP contribution in [0.25, 0.3) is 0 Å². The van der Waals surface area contributed by atoms with Gasteiger partial charge >= 0.3 is 0 Å². The fourth-order valence-electron chi connectivity index (χ4n) is 4.74. The third kappa shape index (κ3) is 6.88. The van der Waals surface area contributed by atoms with E-state index in [0.717, 1.165) is 24.0 Å². The molecule has 2 atom stereocenters. The summed E-state index contributed by atoms with van der Waals surface area (Å²) in [5.41, 5.74) is 8.05. The predicted molar refractivity (Wildman–Crippen MR) is 150 cm³/mol. The summed E-state index contributed by atoms with van der Waals surface area (Å²) in [6.45, 7) is 10.3. The minimum absolute atomic E-state index is 0.333. The van der Waals surface area contributed by atoms with Crippen molar-refractivity contribution >= 4 is 17.4 Å². The molecule has 38 heavy (non-hydrogen) atoms. The van der Waals surface area contributed by atoms with Crippen LogP contribution >= 0.6 is 0 Å². The average Bonchev–Trinajstić information content (AvgIpc) is 2.93. The molecule has 1 aliphatic rings. The lowest BCUT2D eigenvalue weighted by Crippen LogP contribution is -2.50. The Labute approximate surface area is 226 Å². The standard InChI is InChI=1S/C31H42N2O5/c1-7-31(3,4)29(34)30(35)33-18-9-8-13-25(33)21(2)38-26(23-11-10-12-24(32)20-23)16-14-22-15-17-27(36-5)28(19-22)37-6/h10-12,15,17,19-20,25-26H,2,7-9,13-14,16,18,32H2,1,3-6H3. The second-order valence-electron chi connectivity index (χ2n) is 10.5. The molecule has 2 unspecified atom stereocenters. The summed E-state index contributed by atoms with van der Waals surface area (Å²) >= 11 is 0. The molecule has 1 fully saturated rings. The van der Waals surface area contributed by atoms with Crippen molar-refractivity contribution in [2.75, 3.05) is 26.5 Å². The van der Waals surface area contributed by atoms with E-state index in [1.165, 1.54) is 0 Å². The third-order valence-corrected chi connectivity index (χ3v) is 7.55. The third-order valence-electron chi connectivity index (χ3n) is 7.55. The van der Waals surface area contributed by atoms with Crippen LogP contribution in [0.5, 0.6) is 11.5 Å². The largest absolute Gasteiger partial charge is 0.493 e. The fourth-order valence-corrected chi connectivity index (χ4v) is 4.74. The van der Waals surface area contributed by atoms with E-state index in [1.807, 2.05) is 63.2 Å². The zero-order valence-corrected chi connectivity index (χ0v) is 23.4. The molecule has 0 spiro atoms. The molecular weight excluding hydrogens is 480 g/mol. The first-order chi connectivity index (χ1) is 18.1. The molecule has 0 radical (unpaired) electrons. The number of nitrogens with zero attached hydrogens (tertiary/aromatic N) is 1. The van der Waals surface area contributed by atoms with E-state index in [2.05, 4.69) is 6.58 Å². The number of hydrogen-bond acceptors (Lipinski definition) is 6. The van der Waals surface area contributed by atoms with Gasteiger partial charge in [-0.1, -0.05) is 45.5 Å². The minimum atomic E-state index is -0.704. The Morgan fingerprint density at radius 2 is 1.84 bits per heavy atom. The first-order valence-electron chi connectivity index (χ1n) is 13.4. The molecule has 1 saturated heterocycles. The minimum Gasteiger partial charge on any atom is -0.493 e. The van der Waals surface area contributed by atoms with E-state index < -0.39 is 11.3 Å². The number of aryl methyl sites for hydroxylation is 1. The van der Waals surface area contributed by atoms with Crippen molar-refractivity contribution in [3.8, 4) is 11.5 Å². The Morgan fingerprint density at radius 3 is 2.50 bits per heavy atom. The lowest BCUT2D eigenvalue weighted by atomic mass is 9.84. The van der Waals surface area contributed by atoms with E-state index in [0.29, 0.717) is 55.2 Å². The molecular formula is C31H42N2O5. The van der Waals surface area contributed by atoms with E-state index in [4.69, 9.17) is 19.9 Å². The predicted octanol–water partition coefficient (Wildman–Crippen LogP) is 5.88. The van der Waals surface area contributed by atoms with Gasteiger partial charge in [-0.05, 0) is 73.9 Å². The van der Waals surface area contributed by atoms with Crippen LogP contribution in [-0.4, -0.2) is 43.4 Å². The van der Waals surface area contributed by atoms with Crippen LogP contribution in [0, 0.1) is 5.41 Å². The number of piperidine rings is 1. The number of carbonyl (C=O) groups is 2. The Morgan fingerprint density at radius 1 is 1.11 bits per heavy atom. The first-order valence-corrected chi connectivity index (χ1v) is 13.4. The van der Waals surface area contributed by atoms with E-state index in [-0.39, 0.29) is 17.9 Å². The number of methoxy groups -OCH3 is 2. The Hall–Kier alpha value is -3.48. The van der Waals surface area contributed by atoms with Gasteiger partial charge in [-0.25, -0.2) is 0 Å². The summed E-state index contributed by atoms with van der Waals surface area (Å²) in [5, 5.41) is 0. The maximum atomic E-state index is 13.3. The number of rotatable bonds is 12. The lowest BCUT2D eigenvalue weighted by molar-refractivity contribution is -0.151. The molecule has 0 aromatic heterocycles. The molecule has 7 heteroatoms. The topological polar surface area (TPSA) is 91.1 Å². The zero-order chi connectivity index (χ0) is 27.9. The van der Waals surface area contributed by atoms with Gasteiger partial charge in [-0.15, -0.1) is 0 Å². The van der Waals surface area contributed by atoms with Crippen LogP contribution in [0.15, 0.2) is 54.8 Å². The molecule has 1 aliphatic heterocycles. The number of amides is 1. The number of anilines is 1. The monoisotopic (exact) mass is 522 g/mol. The van der Waals surface area contributed by atoms with Gasteiger partial charge in [0.1, 0.15) is 11.9 Å². The van der Waals surface area contributed by atoms with Gasteiger partial charge in [0, 0.05) is 17.6 Å². The van der Waals surface area contributed by atoms with Gasteiger partial charge in [0.2, 0.25) is 5.78 Å². The number of carbonyl (C=O) groups excluding carboxylic acids is 2. The van der Waals surface area contributed by atoms with Gasteiger partial charge in [0.05, 0.1) is 20.3 Å². The molecule has 3 rings (SSSR count). The Kier molecular flexibility index (Phi) is 9.84. The molecule has 2 N–H and O–H groups in total. The number of hydrogen-bond donors (Lipinski definition) is 1. The van der Waals surface area contributed by atoms with Gasteiger partial charge < -0.3 is 24.8 Å². The molecule has 206 valence electrons. The van der Waals surface area contributed by atoms with Crippen molar-refractivity contribution in [1.82, 2.24) is 4.90 Å². The number of likely N-dealkylation sites (tertiary alicyclic amines) is 1. The highest BCUT2D eigenvalue weighted by atomic mass is 16.5. The number of Topliss-reactive ketones (excluding diaryl/α,β-unsaturated/α-hetero) is 1. The van der Waals surface area contributed by atoms with E-state index in [1.54, 1.807) is 19.1 Å². The van der Waals surface area contributed by atoms with Gasteiger partial charge in [-0.2, -0.15) is 0 Å². The summed E-state index contributed by atoms with van der Waals surface area (Å²) < 4.78 is 17.3. The maximum Gasteiger partial charge on any atom is 0.291 e. The highest BCUT2D eigenvalue weighted by Crippen LogP contribution is 2.34.